The Kier molecular flexibility index (Phi) is 5.51. The molecule has 0 spiro atoms. The Morgan fingerprint density at radius 1 is 1.36 bits per heavy atom. The number of aliphatic hydroxyl groups is 1. The van der Waals surface area contributed by atoms with Crippen molar-refractivity contribution in [2.24, 2.45) is 0 Å². The van der Waals surface area contributed by atoms with Crippen LogP contribution in [0.15, 0.2) is 35.7 Å². The van der Waals surface area contributed by atoms with E-state index < -0.39 is 5.60 Å². The molecular formula is C19H25N3O2S. The molecule has 134 valence electrons. The van der Waals surface area contributed by atoms with Gasteiger partial charge in [-0.25, -0.2) is 4.98 Å². The average Bonchev–Trinajstić information content (AvgIpc) is 3.02. The Hall–Kier alpha value is -1.76. The van der Waals surface area contributed by atoms with E-state index in [4.69, 9.17) is 0 Å². The van der Waals surface area contributed by atoms with Gasteiger partial charge in [0.05, 0.1) is 17.2 Å². The van der Waals surface area contributed by atoms with Crippen molar-refractivity contribution in [3.63, 3.8) is 0 Å². The quantitative estimate of drug-likeness (QED) is 0.890. The van der Waals surface area contributed by atoms with Gasteiger partial charge in [-0.3, -0.25) is 4.79 Å². The van der Waals surface area contributed by atoms with E-state index in [0.29, 0.717) is 25.3 Å². The van der Waals surface area contributed by atoms with Crippen LogP contribution in [0.25, 0.3) is 0 Å². The minimum absolute atomic E-state index is 0.0764. The molecule has 0 unspecified atom stereocenters. The topological polar surface area (TPSA) is 56.7 Å². The first kappa shape index (κ1) is 18.0. The van der Waals surface area contributed by atoms with Gasteiger partial charge in [0.15, 0.2) is 0 Å². The SMILES string of the molecule is CN(C)C[C@]1(O)CCCN(C(=O)c2csc(Cc3ccccc3)n2)C1. The summed E-state index contributed by atoms with van der Waals surface area (Å²) in [6, 6.07) is 10.1. The molecular weight excluding hydrogens is 334 g/mol. The van der Waals surface area contributed by atoms with E-state index in [9.17, 15) is 9.90 Å². The summed E-state index contributed by atoms with van der Waals surface area (Å²) in [4.78, 5) is 21.0. The molecule has 0 radical (unpaired) electrons. The van der Waals surface area contributed by atoms with Gasteiger partial charge in [-0.15, -0.1) is 11.3 Å². The van der Waals surface area contributed by atoms with Gasteiger partial charge in [0, 0.05) is 24.9 Å². The predicted octanol–water partition coefficient (Wildman–Crippen LogP) is 2.26. The Bertz CT molecular complexity index is 716. The van der Waals surface area contributed by atoms with E-state index in [1.165, 1.54) is 16.9 Å². The van der Waals surface area contributed by atoms with Crippen molar-refractivity contribution in [2.75, 3.05) is 33.7 Å². The molecule has 0 bridgehead atoms. The van der Waals surface area contributed by atoms with Crippen LogP contribution in [0.1, 0.15) is 33.9 Å². The van der Waals surface area contributed by atoms with E-state index in [1.807, 2.05) is 42.6 Å². The minimum Gasteiger partial charge on any atom is -0.387 e. The second-order valence-corrected chi connectivity index (χ2v) is 8.02. The zero-order valence-electron chi connectivity index (χ0n) is 14.8. The molecule has 2 aromatic rings. The highest BCUT2D eigenvalue weighted by Gasteiger charge is 2.36. The number of rotatable bonds is 5. The lowest BCUT2D eigenvalue weighted by atomic mass is 9.92. The zero-order chi connectivity index (χ0) is 17.9. The summed E-state index contributed by atoms with van der Waals surface area (Å²) in [6.45, 7) is 1.61. The van der Waals surface area contributed by atoms with Crippen LogP contribution < -0.4 is 0 Å². The maximum atomic E-state index is 12.8. The first-order valence-electron chi connectivity index (χ1n) is 8.60. The Labute approximate surface area is 152 Å². The molecule has 2 heterocycles. The number of thiazole rings is 1. The van der Waals surface area contributed by atoms with E-state index >= 15 is 0 Å². The normalized spacial score (nSPS) is 20.9. The van der Waals surface area contributed by atoms with Crippen LogP contribution in [0.5, 0.6) is 0 Å². The van der Waals surface area contributed by atoms with Crippen molar-refractivity contribution < 1.29 is 9.90 Å². The van der Waals surface area contributed by atoms with Gasteiger partial charge < -0.3 is 14.9 Å². The standard InChI is InChI=1S/C19H25N3O2S/c1-21(2)13-19(24)9-6-10-22(14-19)18(23)16-12-25-17(20-16)11-15-7-4-3-5-8-15/h3-5,7-8,12,24H,6,9-11,13-14H2,1-2H3/t19-/m1/s1. The lowest BCUT2D eigenvalue weighted by molar-refractivity contribution is -0.0392. The molecule has 1 N–H and O–H groups in total. The molecule has 6 heteroatoms. The van der Waals surface area contributed by atoms with Gasteiger partial charge in [-0.05, 0) is 32.5 Å². The van der Waals surface area contributed by atoms with Gasteiger partial charge in [-0.1, -0.05) is 30.3 Å². The molecule has 1 aliphatic rings. The maximum absolute atomic E-state index is 12.8. The summed E-state index contributed by atoms with van der Waals surface area (Å²) in [7, 11) is 3.88. The molecule has 1 aliphatic heterocycles. The molecule has 5 nitrogen and oxygen atoms in total. The molecule has 1 aromatic heterocycles. The lowest BCUT2D eigenvalue weighted by Crippen LogP contribution is -2.54. The number of nitrogens with zero attached hydrogens (tertiary/aromatic N) is 3. The average molecular weight is 359 g/mol. The third-order valence-electron chi connectivity index (χ3n) is 4.42. The Morgan fingerprint density at radius 3 is 2.84 bits per heavy atom. The summed E-state index contributed by atoms with van der Waals surface area (Å²) in [5, 5.41) is 13.5. The maximum Gasteiger partial charge on any atom is 0.273 e. The molecule has 1 fully saturated rings. The van der Waals surface area contributed by atoms with Crippen LogP contribution in [0, 0.1) is 0 Å². The van der Waals surface area contributed by atoms with Crippen molar-refractivity contribution in [2.45, 2.75) is 24.9 Å². The first-order chi connectivity index (χ1) is 12.0. The van der Waals surface area contributed by atoms with Crippen LogP contribution in [0.2, 0.25) is 0 Å². The fraction of sp³-hybridized carbons (Fsp3) is 0.474. The molecule has 25 heavy (non-hydrogen) atoms. The number of aromatic nitrogens is 1. The van der Waals surface area contributed by atoms with Crippen molar-refractivity contribution in [3.05, 3.63) is 52.0 Å². The largest absolute Gasteiger partial charge is 0.387 e. The number of carbonyl (C=O) groups excluding carboxylic acids is 1. The fourth-order valence-electron chi connectivity index (χ4n) is 3.43. The summed E-state index contributed by atoms with van der Waals surface area (Å²) in [6.07, 6.45) is 2.28. The number of hydrogen-bond donors (Lipinski definition) is 1. The molecule has 0 saturated carbocycles. The highest BCUT2D eigenvalue weighted by molar-refractivity contribution is 7.09. The van der Waals surface area contributed by atoms with E-state index in [2.05, 4.69) is 17.1 Å². The van der Waals surface area contributed by atoms with Crippen LogP contribution in [0.4, 0.5) is 0 Å². The molecule has 1 saturated heterocycles. The number of amides is 1. The van der Waals surface area contributed by atoms with Gasteiger partial charge in [-0.2, -0.15) is 0 Å². The van der Waals surface area contributed by atoms with E-state index in [-0.39, 0.29) is 5.91 Å². The Morgan fingerprint density at radius 2 is 2.12 bits per heavy atom. The van der Waals surface area contributed by atoms with Crippen molar-refractivity contribution in [1.29, 1.82) is 0 Å². The number of piperidine rings is 1. The molecule has 1 atom stereocenters. The van der Waals surface area contributed by atoms with Gasteiger partial charge in [0.1, 0.15) is 5.69 Å². The summed E-state index contributed by atoms with van der Waals surface area (Å²) in [5.41, 5.74) is 0.847. The van der Waals surface area contributed by atoms with Gasteiger partial charge in [0.25, 0.3) is 5.91 Å². The number of likely N-dealkylation sites (N-methyl/N-ethyl adjacent to an activating group) is 1. The smallest absolute Gasteiger partial charge is 0.273 e. The molecule has 0 aliphatic carbocycles. The van der Waals surface area contributed by atoms with Crippen molar-refractivity contribution >= 4 is 17.2 Å². The zero-order valence-corrected chi connectivity index (χ0v) is 15.6. The number of benzene rings is 1. The summed E-state index contributed by atoms with van der Waals surface area (Å²) < 4.78 is 0. The van der Waals surface area contributed by atoms with Crippen molar-refractivity contribution in [1.82, 2.24) is 14.8 Å². The van der Waals surface area contributed by atoms with Crippen LogP contribution in [-0.2, 0) is 6.42 Å². The van der Waals surface area contributed by atoms with E-state index in [1.54, 1.807) is 4.90 Å². The monoisotopic (exact) mass is 359 g/mol. The number of carbonyl (C=O) groups is 1. The van der Waals surface area contributed by atoms with Crippen LogP contribution in [0.3, 0.4) is 0 Å². The summed E-state index contributed by atoms with van der Waals surface area (Å²) in [5.74, 6) is -0.0764. The fourth-order valence-corrected chi connectivity index (χ4v) is 4.23. The second kappa shape index (κ2) is 7.64. The number of hydrogen-bond acceptors (Lipinski definition) is 5. The van der Waals surface area contributed by atoms with Gasteiger partial charge in [0.2, 0.25) is 0 Å². The lowest BCUT2D eigenvalue weighted by Gasteiger charge is -2.40. The summed E-state index contributed by atoms with van der Waals surface area (Å²) >= 11 is 1.52. The molecule has 1 aromatic carbocycles. The highest BCUT2D eigenvalue weighted by atomic mass is 32.1. The number of likely N-dealkylation sites (tertiary alicyclic amines) is 1. The first-order valence-corrected chi connectivity index (χ1v) is 9.48. The minimum atomic E-state index is -0.833. The third kappa shape index (κ3) is 4.66. The molecule has 1 amide bonds. The van der Waals surface area contributed by atoms with Crippen molar-refractivity contribution in [3.8, 4) is 0 Å². The number of β-amino-alcohol motifs (C(OH)–C–C–N with tert-alkyl or cyclic N) is 1. The van der Waals surface area contributed by atoms with E-state index in [0.717, 1.165) is 24.3 Å². The predicted molar refractivity (Wildman–Crippen MR) is 100 cm³/mol. The Balaban J connectivity index is 1.67. The van der Waals surface area contributed by atoms with Gasteiger partial charge >= 0.3 is 0 Å². The molecule has 3 rings (SSSR count). The second-order valence-electron chi connectivity index (χ2n) is 7.08. The van der Waals surface area contributed by atoms with Crippen LogP contribution in [-0.4, -0.2) is 65.1 Å². The third-order valence-corrected chi connectivity index (χ3v) is 5.27. The van der Waals surface area contributed by atoms with Crippen LogP contribution >= 0.6 is 11.3 Å². The highest BCUT2D eigenvalue weighted by Crippen LogP contribution is 2.24.